The van der Waals surface area contributed by atoms with E-state index < -0.39 is 0 Å². The van der Waals surface area contributed by atoms with Gasteiger partial charge in [-0.1, -0.05) is 11.6 Å². The Labute approximate surface area is 130 Å². The van der Waals surface area contributed by atoms with Crippen LogP contribution >= 0.6 is 22.9 Å². The first kappa shape index (κ1) is 13.8. The predicted octanol–water partition coefficient (Wildman–Crippen LogP) is 2.64. The summed E-state index contributed by atoms with van der Waals surface area (Å²) in [6.45, 7) is 0. The van der Waals surface area contributed by atoms with E-state index >= 15 is 0 Å². The maximum atomic E-state index is 6.13. The van der Waals surface area contributed by atoms with Crippen LogP contribution in [-0.2, 0) is 0 Å². The third-order valence-electron chi connectivity index (χ3n) is 3.01. The summed E-state index contributed by atoms with van der Waals surface area (Å²) in [6.07, 6.45) is 0. The molecule has 0 saturated carbocycles. The van der Waals surface area contributed by atoms with Crippen molar-refractivity contribution < 1.29 is 0 Å². The van der Waals surface area contributed by atoms with Crippen LogP contribution < -0.4 is 16.4 Å². The van der Waals surface area contributed by atoms with Gasteiger partial charge in [0.05, 0.1) is 15.8 Å². The van der Waals surface area contributed by atoms with E-state index in [1.165, 1.54) is 11.3 Å². The molecule has 3 rings (SSSR count). The minimum absolute atomic E-state index is 0.0530. The fourth-order valence-electron chi connectivity index (χ4n) is 1.96. The normalized spacial score (nSPS) is 11.0. The van der Waals surface area contributed by atoms with Gasteiger partial charge in [-0.15, -0.1) is 11.3 Å². The molecule has 0 saturated heterocycles. The first-order valence-corrected chi connectivity index (χ1v) is 7.32. The fraction of sp³-hybridized carbons (Fsp3) is 0.154. The molecule has 0 spiro atoms. The number of benzene rings is 1. The van der Waals surface area contributed by atoms with E-state index in [4.69, 9.17) is 23.1 Å². The lowest BCUT2D eigenvalue weighted by molar-refractivity contribution is 1.14. The summed E-state index contributed by atoms with van der Waals surface area (Å²) < 4.78 is 1.04. The minimum Gasteiger partial charge on any atom is -0.383 e. The summed E-state index contributed by atoms with van der Waals surface area (Å²) in [5.74, 6) is 0.289. The van der Waals surface area contributed by atoms with Crippen LogP contribution in [0.2, 0.25) is 5.15 Å². The van der Waals surface area contributed by atoms with Gasteiger partial charge in [-0.05, 0) is 18.2 Å². The number of fused-ring (bicyclic) bond motifs is 1. The third kappa shape index (κ3) is 2.45. The number of anilines is 3. The van der Waals surface area contributed by atoms with Crippen molar-refractivity contribution >= 4 is 50.6 Å². The Hall–Kier alpha value is -2.12. The molecule has 0 aliphatic carbocycles. The topological polar surface area (TPSA) is 94.0 Å². The number of thiazole rings is 1. The molecular weight excluding hydrogens is 308 g/mol. The average molecular weight is 321 g/mol. The van der Waals surface area contributed by atoms with Gasteiger partial charge in [-0.3, -0.25) is 0 Å². The molecule has 0 bridgehead atoms. The zero-order chi connectivity index (χ0) is 15.1. The lowest BCUT2D eigenvalue weighted by atomic mass is 10.3. The van der Waals surface area contributed by atoms with E-state index in [1.54, 1.807) is 0 Å². The Morgan fingerprint density at radius 1 is 1.14 bits per heavy atom. The summed E-state index contributed by atoms with van der Waals surface area (Å²) in [5.41, 5.74) is 13.9. The van der Waals surface area contributed by atoms with Crippen molar-refractivity contribution in [2.24, 2.45) is 0 Å². The first-order valence-electron chi connectivity index (χ1n) is 6.12. The molecule has 0 radical (unpaired) electrons. The summed E-state index contributed by atoms with van der Waals surface area (Å²) in [6, 6.07) is 6.04. The standard InChI is InChI=1S/C13H13ClN6S/c1-20(2)6-3-4-7-8(5-6)21-12(17-7)9-10(14)18-13(16)19-11(9)15/h3-5H,1-2H3,(H4,15,16,18,19). The Bertz CT molecular complexity index is 806. The van der Waals surface area contributed by atoms with Crippen molar-refractivity contribution in [3.05, 3.63) is 23.4 Å². The van der Waals surface area contributed by atoms with Crippen LogP contribution in [0.25, 0.3) is 20.8 Å². The van der Waals surface area contributed by atoms with Crippen LogP contribution in [0.1, 0.15) is 0 Å². The van der Waals surface area contributed by atoms with Crippen LogP contribution in [0.5, 0.6) is 0 Å². The molecular formula is C13H13ClN6S. The summed E-state index contributed by atoms with van der Waals surface area (Å²) in [4.78, 5) is 14.5. The molecule has 4 N–H and O–H groups in total. The zero-order valence-electron chi connectivity index (χ0n) is 11.5. The van der Waals surface area contributed by atoms with Gasteiger partial charge in [-0.25, -0.2) is 9.97 Å². The van der Waals surface area contributed by atoms with Gasteiger partial charge < -0.3 is 16.4 Å². The van der Waals surface area contributed by atoms with Gasteiger partial charge in [0.2, 0.25) is 5.95 Å². The third-order valence-corrected chi connectivity index (χ3v) is 4.32. The van der Waals surface area contributed by atoms with Crippen molar-refractivity contribution in [3.63, 3.8) is 0 Å². The van der Waals surface area contributed by atoms with E-state index in [2.05, 4.69) is 21.0 Å². The molecule has 8 heteroatoms. The molecule has 0 unspecified atom stereocenters. The molecule has 0 aliphatic rings. The van der Waals surface area contributed by atoms with E-state index in [9.17, 15) is 0 Å². The molecule has 0 aliphatic heterocycles. The second-order valence-corrected chi connectivity index (χ2v) is 6.09. The molecule has 108 valence electrons. The Balaban J connectivity index is 2.18. The van der Waals surface area contributed by atoms with Crippen molar-refractivity contribution in [3.8, 4) is 10.6 Å². The number of rotatable bonds is 2. The maximum Gasteiger partial charge on any atom is 0.223 e. The Morgan fingerprint density at radius 2 is 1.90 bits per heavy atom. The van der Waals surface area contributed by atoms with E-state index in [1.807, 2.05) is 31.1 Å². The number of nitrogens with two attached hydrogens (primary N) is 2. The molecule has 6 nitrogen and oxygen atoms in total. The second kappa shape index (κ2) is 5.01. The largest absolute Gasteiger partial charge is 0.383 e. The maximum absolute atomic E-state index is 6.13. The van der Waals surface area contributed by atoms with Gasteiger partial charge >= 0.3 is 0 Å². The predicted molar refractivity (Wildman–Crippen MR) is 88.8 cm³/mol. The molecule has 0 amide bonds. The van der Waals surface area contributed by atoms with Crippen molar-refractivity contribution in [1.29, 1.82) is 0 Å². The number of hydrogen-bond acceptors (Lipinski definition) is 7. The highest BCUT2D eigenvalue weighted by Crippen LogP contribution is 2.37. The molecule has 2 aromatic heterocycles. The fourth-order valence-corrected chi connectivity index (χ4v) is 3.35. The number of halogens is 1. The highest BCUT2D eigenvalue weighted by atomic mass is 35.5. The van der Waals surface area contributed by atoms with Crippen LogP contribution in [0.15, 0.2) is 18.2 Å². The monoisotopic (exact) mass is 320 g/mol. The SMILES string of the molecule is CN(C)c1ccc2nc(-c3c(N)nc(N)nc3Cl)sc2c1. The van der Waals surface area contributed by atoms with Crippen molar-refractivity contribution in [2.75, 3.05) is 30.5 Å². The molecule has 0 atom stereocenters. The number of hydrogen-bond donors (Lipinski definition) is 2. The lowest BCUT2D eigenvalue weighted by Crippen LogP contribution is -2.07. The number of nitrogen functional groups attached to an aromatic ring is 2. The molecule has 0 fully saturated rings. The van der Waals surface area contributed by atoms with E-state index in [-0.39, 0.29) is 16.9 Å². The molecule has 1 aromatic carbocycles. The summed E-state index contributed by atoms with van der Waals surface area (Å²) in [7, 11) is 3.98. The average Bonchev–Trinajstić information content (AvgIpc) is 2.79. The first-order chi connectivity index (χ1) is 9.95. The van der Waals surface area contributed by atoms with Crippen LogP contribution in [0.4, 0.5) is 17.5 Å². The van der Waals surface area contributed by atoms with Gasteiger partial charge in [0.25, 0.3) is 0 Å². The number of nitrogens with zero attached hydrogens (tertiary/aromatic N) is 4. The van der Waals surface area contributed by atoms with Crippen molar-refractivity contribution in [2.45, 2.75) is 0 Å². The van der Waals surface area contributed by atoms with Gasteiger partial charge in [0.1, 0.15) is 16.0 Å². The molecule has 21 heavy (non-hydrogen) atoms. The van der Waals surface area contributed by atoms with E-state index in [0.29, 0.717) is 10.6 Å². The second-order valence-electron chi connectivity index (χ2n) is 4.70. The Morgan fingerprint density at radius 3 is 2.57 bits per heavy atom. The Kier molecular flexibility index (Phi) is 3.30. The highest BCUT2D eigenvalue weighted by molar-refractivity contribution is 7.21. The van der Waals surface area contributed by atoms with Gasteiger partial charge in [0.15, 0.2) is 0 Å². The summed E-state index contributed by atoms with van der Waals surface area (Å²) in [5, 5.41) is 0.898. The lowest BCUT2D eigenvalue weighted by Gasteiger charge is -2.11. The summed E-state index contributed by atoms with van der Waals surface area (Å²) >= 11 is 7.62. The van der Waals surface area contributed by atoms with Crippen molar-refractivity contribution in [1.82, 2.24) is 15.0 Å². The smallest absolute Gasteiger partial charge is 0.223 e. The van der Waals surface area contributed by atoms with Gasteiger partial charge in [0, 0.05) is 19.8 Å². The molecule has 3 aromatic rings. The van der Waals surface area contributed by atoms with E-state index in [0.717, 1.165) is 15.9 Å². The molecule has 2 heterocycles. The minimum atomic E-state index is 0.0530. The highest BCUT2D eigenvalue weighted by Gasteiger charge is 2.16. The van der Waals surface area contributed by atoms with Gasteiger partial charge in [-0.2, -0.15) is 4.98 Å². The zero-order valence-corrected chi connectivity index (χ0v) is 13.0. The quantitative estimate of drug-likeness (QED) is 0.705. The number of aromatic nitrogens is 3. The van der Waals surface area contributed by atoms with Crippen LogP contribution in [-0.4, -0.2) is 29.0 Å². The van der Waals surface area contributed by atoms with Crippen LogP contribution in [0, 0.1) is 0 Å². The van der Waals surface area contributed by atoms with Crippen LogP contribution in [0.3, 0.4) is 0 Å².